The van der Waals surface area contributed by atoms with Gasteiger partial charge in [-0.05, 0) is 43.1 Å². The van der Waals surface area contributed by atoms with Crippen molar-refractivity contribution in [2.75, 3.05) is 19.6 Å². The van der Waals surface area contributed by atoms with Crippen molar-refractivity contribution in [2.45, 2.75) is 46.5 Å². The van der Waals surface area contributed by atoms with Gasteiger partial charge in [-0.1, -0.05) is 20.8 Å². The van der Waals surface area contributed by atoms with Gasteiger partial charge in [0.15, 0.2) is 0 Å². The molecule has 0 radical (unpaired) electrons. The third kappa shape index (κ3) is 2.07. The molecule has 1 nitrogen and oxygen atoms in total. The largest absolute Gasteiger partial charge is 0.302 e. The van der Waals surface area contributed by atoms with E-state index in [9.17, 15) is 0 Å². The van der Waals surface area contributed by atoms with Crippen LogP contribution in [0.25, 0.3) is 0 Å². The quantitative estimate of drug-likeness (QED) is 0.647. The second-order valence-corrected chi connectivity index (χ2v) is 5.94. The Labute approximate surface area is 82.5 Å². The Kier molecular flexibility index (Phi) is 2.18. The molecule has 2 aliphatic rings. The lowest BCUT2D eigenvalue weighted by Gasteiger charge is -2.24. The Morgan fingerprint density at radius 1 is 1.08 bits per heavy atom. The van der Waals surface area contributed by atoms with Gasteiger partial charge < -0.3 is 4.90 Å². The predicted octanol–water partition coefficient (Wildman–Crippen LogP) is 2.91. The van der Waals surface area contributed by atoms with Crippen molar-refractivity contribution in [3.05, 3.63) is 0 Å². The third-order valence-corrected chi connectivity index (χ3v) is 4.20. The molecule has 1 atom stereocenters. The van der Waals surface area contributed by atoms with E-state index in [2.05, 4.69) is 25.7 Å². The van der Waals surface area contributed by atoms with Crippen molar-refractivity contribution in [2.24, 2.45) is 10.8 Å². The molecule has 1 heteroatoms. The van der Waals surface area contributed by atoms with E-state index in [1.54, 1.807) is 0 Å². The molecule has 1 heterocycles. The summed E-state index contributed by atoms with van der Waals surface area (Å²) in [4.78, 5) is 2.69. The second-order valence-electron chi connectivity index (χ2n) is 5.94. The SMILES string of the molecule is CCC1(C)CCN(CC2(C)CC2)C1. The zero-order valence-electron chi connectivity index (χ0n) is 9.40. The minimum Gasteiger partial charge on any atom is -0.302 e. The molecule has 0 aromatic carbocycles. The molecule has 2 rings (SSSR count). The van der Waals surface area contributed by atoms with Crippen molar-refractivity contribution >= 4 is 0 Å². The molecule has 13 heavy (non-hydrogen) atoms. The van der Waals surface area contributed by atoms with E-state index in [0.29, 0.717) is 10.8 Å². The Balaban J connectivity index is 1.84. The maximum Gasteiger partial charge on any atom is 0.00359 e. The highest BCUT2D eigenvalue weighted by Gasteiger charge is 2.41. The predicted molar refractivity (Wildman–Crippen MR) is 56.8 cm³/mol. The summed E-state index contributed by atoms with van der Waals surface area (Å²) in [6.45, 7) is 11.3. The van der Waals surface area contributed by atoms with Gasteiger partial charge in [-0.2, -0.15) is 0 Å². The number of likely N-dealkylation sites (tertiary alicyclic amines) is 1. The molecular weight excluding hydrogens is 158 g/mol. The van der Waals surface area contributed by atoms with Crippen LogP contribution in [0.4, 0.5) is 0 Å². The van der Waals surface area contributed by atoms with Gasteiger partial charge in [0.2, 0.25) is 0 Å². The van der Waals surface area contributed by atoms with Crippen LogP contribution >= 0.6 is 0 Å². The van der Waals surface area contributed by atoms with Crippen LogP contribution in [-0.2, 0) is 0 Å². The highest BCUT2D eigenvalue weighted by molar-refractivity contribution is 4.94. The molecule has 1 aliphatic heterocycles. The smallest absolute Gasteiger partial charge is 0.00359 e. The molecule has 76 valence electrons. The first kappa shape index (κ1) is 9.51. The monoisotopic (exact) mass is 181 g/mol. The van der Waals surface area contributed by atoms with Crippen LogP contribution in [0.15, 0.2) is 0 Å². The maximum absolute atomic E-state index is 2.69. The van der Waals surface area contributed by atoms with Gasteiger partial charge in [-0.15, -0.1) is 0 Å². The summed E-state index contributed by atoms with van der Waals surface area (Å²) in [5.74, 6) is 0. The van der Waals surface area contributed by atoms with Gasteiger partial charge in [0.05, 0.1) is 0 Å². The normalized spacial score (nSPS) is 38.1. The van der Waals surface area contributed by atoms with E-state index in [1.807, 2.05) is 0 Å². The average Bonchev–Trinajstić information content (AvgIpc) is 2.68. The molecule has 1 saturated heterocycles. The zero-order valence-corrected chi connectivity index (χ0v) is 9.40. The van der Waals surface area contributed by atoms with E-state index in [4.69, 9.17) is 0 Å². The van der Waals surface area contributed by atoms with E-state index in [0.717, 1.165) is 0 Å². The first-order chi connectivity index (χ1) is 6.05. The van der Waals surface area contributed by atoms with Crippen molar-refractivity contribution in [1.82, 2.24) is 4.90 Å². The second kappa shape index (κ2) is 2.98. The van der Waals surface area contributed by atoms with Crippen LogP contribution in [0.3, 0.4) is 0 Å². The van der Waals surface area contributed by atoms with Gasteiger partial charge >= 0.3 is 0 Å². The van der Waals surface area contributed by atoms with Crippen molar-refractivity contribution in [3.63, 3.8) is 0 Å². The van der Waals surface area contributed by atoms with Crippen LogP contribution < -0.4 is 0 Å². The summed E-state index contributed by atoms with van der Waals surface area (Å²) in [6.07, 6.45) is 5.69. The van der Waals surface area contributed by atoms with Gasteiger partial charge in [-0.25, -0.2) is 0 Å². The van der Waals surface area contributed by atoms with Crippen LogP contribution in [0, 0.1) is 10.8 Å². The van der Waals surface area contributed by atoms with E-state index < -0.39 is 0 Å². The average molecular weight is 181 g/mol. The molecule has 0 N–H and O–H groups in total. The fraction of sp³-hybridized carbons (Fsp3) is 1.00. The fourth-order valence-electron chi connectivity index (χ4n) is 2.46. The van der Waals surface area contributed by atoms with Crippen LogP contribution in [0.1, 0.15) is 46.5 Å². The number of nitrogens with zero attached hydrogens (tertiary/aromatic N) is 1. The fourth-order valence-corrected chi connectivity index (χ4v) is 2.46. The van der Waals surface area contributed by atoms with Crippen molar-refractivity contribution < 1.29 is 0 Å². The van der Waals surface area contributed by atoms with Crippen LogP contribution in [0.2, 0.25) is 0 Å². The maximum atomic E-state index is 2.69. The van der Waals surface area contributed by atoms with Crippen molar-refractivity contribution in [3.8, 4) is 0 Å². The third-order valence-electron chi connectivity index (χ3n) is 4.20. The summed E-state index contributed by atoms with van der Waals surface area (Å²) >= 11 is 0. The summed E-state index contributed by atoms with van der Waals surface area (Å²) in [7, 11) is 0. The molecule has 0 amide bonds. The Hall–Kier alpha value is -0.0400. The van der Waals surface area contributed by atoms with Gasteiger partial charge in [-0.3, -0.25) is 0 Å². The summed E-state index contributed by atoms with van der Waals surface area (Å²) in [5.41, 5.74) is 1.34. The van der Waals surface area contributed by atoms with Crippen molar-refractivity contribution in [1.29, 1.82) is 0 Å². The molecule has 0 spiro atoms. The lowest BCUT2D eigenvalue weighted by atomic mass is 9.87. The molecule has 1 aliphatic carbocycles. The Bertz CT molecular complexity index is 195. The zero-order chi connectivity index (χ0) is 9.53. The lowest BCUT2D eigenvalue weighted by Crippen LogP contribution is -2.29. The van der Waals surface area contributed by atoms with Gasteiger partial charge in [0, 0.05) is 13.1 Å². The number of hydrogen-bond acceptors (Lipinski definition) is 1. The minimum absolute atomic E-state index is 0.630. The van der Waals surface area contributed by atoms with E-state index >= 15 is 0 Å². The van der Waals surface area contributed by atoms with Gasteiger partial charge in [0.1, 0.15) is 0 Å². The first-order valence-electron chi connectivity index (χ1n) is 5.78. The van der Waals surface area contributed by atoms with E-state index in [-0.39, 0.29) is 0 Å². The highest BCUT2D eigenvalue weighted by atomic mass is 15.2. The molecule has 0 bridgehead atoms. The first-order valence-corrected chi connectivity index (χ1v) is 5.78. The molecule has 1 saturated carbocycles. The summed E-state index contributed by atoms with van der Waals surface area (Å²) < 4.78 is 0. The topological polar surface area (TPSA) is 3.24 Å². The van der Waals surface area contributed by atoms with Crippen LogP contribution in [0.5, 0.6) is 0 Å². The Morgan fingerprint density at radius 3 is 2.23 bits per heavy atom. The number of hydrogen-bond donors (Lipinski definition) is 0. The lowest BCUT2D eigenvalue weighted by molar-refractivity contribution is 0.234. The molecule has 0 aromatic rings. The molecular formula is C12H23N. The highest BCUT2D eigenvalue weighted by Crippen LogP contribution is 2.47. The number of rotatable bonds is 3. The van der Waals surface area contributed by atoms with E-state index in [1.165, 1.54) is 45.3 Å². The molecule has 2 fully saturated rings. The Morgan fingerprint density at radius 2 is 1.77 bits per heavy atom. The standard InChI is InChI=1S/C12H23N/c1-4-11(2)7-8-13(9-11)10-12(3)5-6-12/h4-10H2,1-3H3. The summed E-state index contributed by atoms with van der Waals surface area (Å²) in [5, 5.41) is 0. The summed E-state index contributed by atoms with van der Waals surface area (Å²) in [6, 6.07) is 0. The minimum atomic E-state index is 0.630. The van der Waals surface area contributed by atoms with Crippen LogP contribution in [-0.4, -0.2) is 24.5 Å². The van der Waals surface area contributed by atoms with Gasteiger partial charge in [0.25, 0.3) is 0 Å². The molecule has 0 aromatic heterocycles. The molecule has 1 unspecified atom stereocenters.